The second-order valence-corrected chi connectivity index (χ2v) is 9.32. The average molecular weight is 436 g/mol. The van der Waals surface area contributed by atoms with Gasteiger partial charge in [0.25, 0.3) is 0 Å². The highest BCUT2D eigenvalue weighted by atomic mass is 32.2. The first-order valence-corrected chi connectivity index (χ1v) is 11.3. The smallest absolute Gasteiger partial charge is 0.238 e. The minimum Gasteiger partial charge on any atom is -0.454 e. The molecule has 7 nitrogen and oxygen atoms in total. The van der Waals surface area contributed by atoms with Crippen LogP contribution >= 0.6 is 0 Å². The molecule has 1 aliphatic heterocycles. The minimum atomic E-state index is -3.80. The van der Waals surface area contributed by atoms with Gasteiger partial charge in [-0.25, -0.2) is 13.6 Å². The van der Waals surface area contributed by atoms with E-state index in [0.29, 0.717) is 22.7 Å². The standard InChI is InChI=1S/C23H20N2O5S/c24-31(27,28)19-6-2-4-16(12-19)15-3-1-5-18(11-15)25-22(26)23(9-10-23)17-7-8-20-21(13-17)30-14-29-20/h1-8,11-13H,9-10,14H2,(H,25,26)(H2,24,27,28). The van der Waals surface area contributed by atoms with E-state index in [9.17, 15) is 13.2 Å². The zero-order valence-electron chi connectivity index (χ0n) is 16.5. The fraction of sp³-hybridized carbons (Fsp3) is 0.174. The van der Waals surface area contributed by atoms with Crippen LogP contribution in [0.25, 0.3) is 11.1 Å². The van der Waals surface area contributed by atoms with Gasteiger partial charge in [-0.15, -0.1) is 0 Å². The van der Waals surface area contributed by atoms with Gasteiger partial charge in [0.2, 0.25) is 22.7 Å². The molecule has 0 spiro atoms. The van der Waals surface area contributed by atoms with E-state index >= 15 is 0 Å². The van der Waals surface area contributed by atoms with Gasteiger partial charge in [-0.05, 0) is 65.9 Å². The topological polar surface area (TPSA) is 108 Å². The van der Waals surface area contributed by atoms with Gasteiger partial charge in [0.1, 0.15) is 0 Å². The number of hydrogen-bond acceptors (Lipinski definition) is 5. The van der Waals surface area contributed by atoms with Crippen LogP contribution in [0.3, 0.4) is 0 Å². The summed E-state index contributed by atoms with van der Waals surface area (Å²) in [6.45, 7) is 0.192. The van der Waals surface area contributed by atoms with E-state index in [1.54, 1.807) is 18.2 Å². The molecule has 3 aromatic carbocycles. The Morgan fingerprint density at radius 1 is 0.903 bits per heavy atom. The molecule has 0 aromatic heterocycles. The van der Waals surface area contributed by atoms with Gasteiger partial charge in [-0.1, -0.05) is 30.3 Å². The number of primary sulfonamides is 1. The third kappa shape index (κ3) is 3.64. The largest absolute Gasteiger partial charge is 0.454 e. The van der Waals surface area contributed by atoms with Gasteiger partial charge in [0, 0.05) is 5.69 Å². The second-order valence-electron chi connectivity index (χ2n) is 7.76. The van der Waals surface area contributed by atoms with E-state index < -0.39 is 15.4 Å². The maximum Gasteiger partial charge on any atom is 0.238 e. The molecule has 0 bridgehead atoms. The molecule has 31 heavy (non-hydrogen) atoms. The van der Waals surface area contributed by atoms with E-state index in [0.717, 1.165) is 24.0 Å². The van der Waals surface area contributed by atoms with Crippen molar-refractivity contribution in [3.05, 3.63) is 72.3 Å². The summed E-state index contributed by atoms with van der Waals surface area (Å²) in [6.07, 6.45) is 1.52. The van der Waals surface area contributed by atoms with Crippen LogP contribution in [0.2, 0.25) is 0 Å². The molecule has 1 heterocycles. The summed E-state index contributed by atoms with van der Waals surface area (Å²) in [5.74, 6) is 1.27. The maximum absolute atomic E-state index is 13.2. The van der Waals surface area contributed by atoms with E-state index in [2.05, 4.69) is 5.32 Å². The molecular formula is C23H20N2O5S. The molecule has 1 aliphatic carbocycles. The summed E-state index contributed by atoms with van der Waals surface area (Å²) in [4.78, 5) is 13.2. The van der Waals surface area contributed by atoms with Crippen molar-refractivity contribution >= 4 is 21.6 Å². The first-order chi connectivity index (χ1) is 14.8. The molecule has 1 fully saturated rings. The molecule has 3 N–H and O–H groups in total. The van der Waals surface area contributed by atoms with Crippen LogP contribution in [0, 0.1) is 0 Å². The van der Waals surface area contributed by atoms with E-state index in [1.165, 1.54) is 12.1 Å². The van der Waals surface area contributed by atoms with Gasteiger partial charge < -0.3 is 14.8 Å². The molecule has 2 aliphatic rings. The molecule has 0 saturated heterocycles. The summed E-state index contributed by atoms with van der Waals surface area (Å²) in [5.41, 5.74) is 2.43. The number of nitrogens with two attached hydrogens (primary N) is 1. The van der Waals surface area contributed by atoms with Crippen molar-refractivity contribution in [2.24, 2.45) is 5.14 Å². The number of nitrogens with one attached hydrogen (secondary N) is 1. The van der Waals surface area contributed by atoms with Gasteiger partial charge in [-0.2, -0.15) is 0 Å². The van der Waals surface area contributed by atoms with Crippen LogP contribution in [-0.2, 0) is 20.2 Å². The monoisotopic (exact) mass is 436 g/mol. The Balaban J connectivity index is 1.40. The zero-order chi connectivity index (χ0) is 21.6. The fourth-order valence-corrected chi connectivity index (χ4v) is 4.41. The Hall–Kier alpha value is -3.36. The summed E-state index contributed by atoms with van der Waals surface area (Å²) < 4.78 is 34.1. The Kier molecular flexibility index (Phi) is 4.49. The highest BCUT2D eigenvalue weighted by molar-refractivity contribution is 7.89. The van der Waals surface area contributed by atoms with E-state index in [4.69, 9.17) is 14.6 Å². The fourth-order valence-electron chi connectivity index (χ4n) is 3.85. The van der Waals surface area contributed by atoms with Gasteiger partial charge in [0.05, 0.1) is 10.3 Å². The lowest BCUT2D eigenvalue weighted by Gasteiger charge is -2.17. The Morgan fingerprint density at radius 2 is 1.61 bits per heavy atom. The third-order valence-corrected chi connectivity index (χ3v) is 6.64. The summed E-state index contributed by atoms with van der Waals surface area (Å²) in [6, 6.07) is 19.3. The van der Waals surface area contributed by atoms with Crippen molar-refractivity contribution in [3.8, 4) is 22.6 Å². The SMILES string of the molecule is NS(=O)(=O)c1cccc(-c2cccc(NC(=O)C3(c4ccc5c(c4)OCO5)CC3)c2)c1. The number of sulfonamides is 1. The van der Waals surface area contributed by atoms with Crippen LogP contribution in [0.5, 0.6) is 11.5 Å². The van der Waals surface area contributed by atoms with Crippen molar-refractivity contribution < 1.29 is 22.7 Å². The maximum atomic E-state index is 13.2. The predicted octanol–water partition coefficient (Wildman–Crippen LogP) is 3.40. The Morgan fingerprint density at radius 3 is 2.35 bits per heavy atom. The number of fused-ring (bicyclic) bond motifs is 1. The number of ether oxygens (including phenoxy) is 2. The van der Waals surface area contributed by atoms with E-state index in [1.807, 2.05) is 36.4 Å². The lowest BCUT2D eigenvalue weighted by atomic mass is 9.94. The van der Waals surface area contributed by atoms with Gasteiger partial charge >= 0.3 is 0 Å². The lowest BCUT2D eigenvalue weighted by Crippen LogP contribution is -2.27. The minimum absolute atomic E-state index is 0.0409. The molecule has 3 aromatic rings. The molecule has 0 atom stereocenters. The molecule has 1 amide bonds. The lowest BCUT2D eigenvalue weighted by molar-refractivity contribution is -0.118. The molecule has 158 valence electrons. The van der Waals surface area contributed by atoms with Gasteiger partial charge in [-0.3, -0.25) is 4.79 Å². The van der Waals surface area contributed by atoms with E-state index in [-0.39, 0.29) is 17.6 Å². The Bertz CT molecular complexity index is 1300. The normalized spacial score (nSPS) is 16.0. The molecule has 5 rings (SSSR count). The third-order valence-electron chi connectivity index (χ3n) is 5.73. The summed E-state index contributed by atoms with van der Waals surface area (Å²) in [5, 5.41) is 8.25. The molecule has 0 unspecified atom stereocenters. The molecular weight excluding hydrogens is 416 g/mol. The molecule has 0 radical (unpaired) electrons. The number of benzene rings is 3. The second kappa shape index (κ2) is 7.11. The van der Waals surface area contributed by atoms with Crippen LogP contribution < -0.4 is 19.9 Å². The van der Waals surface area contributed by atoms with Crippen molar-refractivity contribution in [2.45, 2.75) is 23.2 Å². The number of carbonyl (C=O) groups is 1. The summed E-state index contributed by atoms with van der Waals surface area (Å²) >= 11 is 0. The zero-order valence-corrected chi connectivity index (χ0v) is 17.3. The van der Waals surface area contributed by atoms with Crippen LogP contribution in [0.15, 0.2) is 71.6 Å². The first kappa shape index (κ1) is 19.6. The van der Waals surface area contributed by atoms with Crippen LogP contribution in [0.1, 0.15) is 18.4 Å². The molecule has 1 saturated carbocycles. The van der Waals surface area contributed by atoms with Crippen LogP contribution in [0.4, 0.5) is 5.69 Å². The van der Waals surface area contributed by atoms with Crippen molar-refractivity contribution in [1.82, 2.24) is 0 Å². The summed E-state index contributed by atoms with van der Waals surface area (Å²) in [7, 11) is -3.80. The number of amides is 1. The van der Waals surface area contributed by atoms with Crippen molar-refractivity contribution in [2.75, 3.05) is 12.1 Å². The Labute approximate surface area is 179 Å². The number of anilines is 1. The molecule has 8 heteroatoms. The van der Waals surface area contributed by atoms with Crippen LogP contribution in [-0.4, -0.2) is 21.1 Å². The van der Waals surface area contributed by atoms with Crippen molar-refractivity contribution in [3.63, 3.8) is 0 Å². The number of rotatable bonds is 5. The predicted molar refractivity (Wildman–Crippen MR) is 115 cm³/mol. The van der Waals surface area contributed by atoms with Crippen molar-refractivity contribution in [1.29, 1.82) is 0 Å². The van der Waals surface area contributed by atoms with Gasteiger partial charge in [0.15, 0.2) is 11.5 Å². The number of carbonyl (C=O) groups excluding carboxylic acids is 1. The average Bonchev–Trinajstić information content (AvgIpc) is 3.44. The first-order valence-electron chi connectivity index (χ1n) is 9.80. The quantitative estimate of drug-likeness (QED) is 0.637. The highest BCUT2D eigenvalue weighted by Gasteiger charge is 2.51. The highest BCUT2D eigenvalue weighted by Crippen LogP contribution is 2.51. The number of hydrogen-bond donors (Lipinski definition) is 2.